The number of nitrogens with one attached hydrogen (secondary N) is 4. The molecule has 0 aliphatic heterocycles. The summed E-state index contributed by atoms with van der Waals surface area (Å²) in [5.41, 5.74) is 13.0. The van der Waals surface area contributed by atoms with E-state index in [1.54, 1.807) is 18.2 Å². The van der Waals surface area contributed by atoms with E-state index < -0.39 is 36.0 Å². The summed E-state index contributed by atoms with van der Waals surface area (Å²) in [4.78, 5) is 54.5. The van der Waals surface area contributed by atoms with Gasteiger partial charge in [0.05, 0.1) is 12.6 Å². The number of hydrogen-bond acceptors (Lipinski definition) is 7. The van der Waals surface area contributed by atoms with Gasteiger partial charge in [-0.3, -0.25) is 19.8 Å². The van der Waals surface area contributed by atoms with E-state index in [9.17, 15) is 19.2 Å². The molecule has 46 heavy (non-hydrogen) atoms. The molecule has 0 bridgehead atoms. The van der Waals surface area contributed by atoms with E-state index in [4.69, 9.17) is 21.6 Å². The number of benzene rings is 2. The number of imide groups is 1. The first-order chi connectivity index (χ1) is 21.9. The number of guanidine groups is 1. The summed E-state index contributed by atoms with van der Waals surface area (Å²) in [7, 11) is 0. The summed E-state index contributed by atoms with van der Waals surface area (Å²) in [5, 5.41) is 15.6. The van der Waals surface area contributed by atoms with Gasteiger partial charge in [0, 0.05) is 18.7 Å². The first-order valence-corrected chi connectivity index (χ1v) is 15.6. The second-order valence-electron chi connectivity index (χ2n) is 11.9. The summed E-state index contributed by atoms with van der Waals surface area (Å²) < 4.78 is 5.56. The van der Waals surface area contributed by atoms with Crippen LogP contribution in [0.2, 0.25) is 0 Å². The van der Waals surface area contributed by atoms with Crippen molar-refractivity contribution < 1.29 is 23.9 Å². The molecule has 4 amide bonds. The maximum Gasteiger partial charge on any atom is 0.416 e. The lowest BCUT2D eigenvalue weighted by atomic mass is 10.00. The normalized spacial score (nSPS) is 13.1. The van der Waals surface area contributed by atoms with Crippen LogP contribution in [0, 0.1) is 17.2 Å². The number of hydrogen-bond donors (Lipinski definition) is 6. The van der Waals surface area contributed by atoms with E-state index in [0.29, 0.717) is 13.0 Å². The molecule has 2 aromatic carbocycles. The Labute approximate surface area is 271 Å². The minimum absolute atomic E-state index is 0.0175. The van der Waals surface area contributed by atoms with Crippen LogP contribution < -0.4 is 27.4 Å². The average molecular weight is 636 g/mol. The van der Waals surface area contributed by atoms with Crippen molar-refractivity contribution in [2.45, 2.75) is 71.7 Å². The van der Waals surface area contributed by atoms with Crippen molar-refractivity contribution in [3.8, 4) is 0 Å². The number of nitrogens with two attached hydrogens (primary N) is 2. The van der Waals surface area contributed by atoms with Crippen LogP contribution in [0.5, 0.6) is 0 Å². The zero-order valence-corrected chi connectivity index (χ0v) is 27.2. The third-order valence-electron chi connectivity index (χ3n) is 7.10. The lowest BCUT2D eigenvalue weighted by molar-refractivity contribution is -0.136. The van der Waals surface area contributed by atoms with Gasteiger partial charge in [0.25, 0.3) is 5.91 Å². The number of nitrogens with zero attached hydrogens (tertiary/aromatic N) is 1. The monoisotopic (exact) mass is 635 g/mol. The second kappa shape index (κ2) is 19.6. The van der Waals surface area contributed by atoms with Gasteiger partial charge in [-0.15, -0.1) is 0 Å². The Hall–Kier alpha value is -4.71. The maximum atomic E-state index is 14.1. The molecule has 0 radical (unpaired) electrons. The molecule has 12 nitrogen and oxygen atoms in total. The molecule has 0 heterocycles. The van der Waals surface area contributed by atoms with Crippen LogP contribution in [-0.2, 0) is 25.7 Å². The van der Waals surface area contributed by atoms with Gasteiger partial charge in [0.15, 0.2) is 5.96 Å². The molecule has 2 aromatic rings. The first-order valence-electron chi connectivity index (χ1n) is 15.6. The van der Waals surface area contributed by atoms with Crippen LogP contribution in [-0.4, -0.2) is 65.9 Å². The zero-order valence-electron chi connectivity index (χ0n) is 27.2. The molecule has 0 fully saturated rings. The van der Waals surface area contributed by atoms with E-state index in [1.807, 2.05) is 76.2 Å². The number of ether oxygens (including phenoxy) is 1. The predicted octanol–water partition coefficient (Wildman–Crippen LogP) is 3.13. The van der Waals surface area contributed by atoms with Crippen LogP contribution >= 0.6 is 0 Å². The van der Waals surface area contributed by atoms with Crippen LogP contribution in [0.15, 0.2) is 66.7 Å². The highest BCUT2D eigenvalue weighted by Crippen LogP contribution is 2.14. The average Bonchev–Trinajstić information content (AvgIpc) is 3.02. The van der Waals surface area contributed by atoms with Crippen LogP contribution in [0.1, 0.15) is 58.1 Å². The SMILES string of the molecule is CC(C)C[C@H](NC(=O)[C@@H](N)CCCNC(=N)N)C(=O)N(C[C@@H](NC(=O)/C=C/c1ccccc1)C(C)C)C(=O)OCc1ccccc1. The minimum Gasteiger partial charge on any atom is -0.444 e. The fourth-order valence-corrected chi connectivity index (χ4v) is 4.47. The molecule has 8 N–H and O–H groups in total. The van der Waals surface area contributed by atoms with Crippen LogP contribution in [0.4, 0.5) is 4.79 Å². The fourth-order valence-electron chi connectivity index (χ4n) is 4.47. The number of carbonyl (C=O) groups excluding carboxylic acids is 4. The Morgan fingerprint density at radius 1 is 0.957 bits per heavy atom. The summed E-state index contributed by atoms with van der Waals surface area (Å²) in [6.45, 7) is 7.66. The van der Waals surface area contributed by atoms with Gasteiger partial charge < -0.3 is 32.2 Å². The van der Waals surface area contributed by atoms with Gasteiger partial charge in [-0.1, -0.05) is 88.4 Å². The van der Waals surface area contributed by atoms with Crippen molar-refractivity contribution >= 4 is 35.9 Å². The molecule has 12 heteroatoms. The molecule has 2 rings (SSSR count). The molecule has 0 aliphatic carbocycles. The lowest BCUT2D eigenvalue weighted by Crippen LogP contribution is -2.57. The van der Waals surface area contributed by atoms with Crippen molar-refractivity contribution in [3.63, 3.8) is 0 Å². The molecule has 250 valence electrons. The fraction of sp³-hybridized carbons (Fsp3) is 0.441. The summed E-state index contributed by atoms with van der Waals surface area (Å²) in [6.07, 6.45) is 3.19. The van der Waals surface area contributed by atoms with Gasteiger partial charge in [0.1, 0.15) is 12.6 Å². The van der Waals surface area contributed by atoms with Gasteiger partial charge in [-0.25, -0.2) is 9.69 Å². The quantitative estimate of drug-likeness (QED) is 0.0661. The lowest BCUT2D eigenvalue weighted by Gasteiger charge is -2.31. The molecule has 3 atom stereocenters. The topological polar surface area (TPSA) is 193 Å². The van der Waals surface area contributed by atoms with Gasteiger partial charge in [0.2, 0.25) is 11.8 Å². The highest BCUT2D eigenvalue weighted by molar-refractivity contribution is 5.98. The van der Waals surface area contributed by atoms with Crippen LogP contribution in [0.25, 0.3) is 6.08 Å². The third-order valence-corrected chi connectivity index (χ3v) is 7.10. The van der Waals surface area contributed by atoms with Gasteiger partial charge >= 0.3 is 6.09 Å². The van der Waals surface area contributed by atoms with Gasteiger partial charge in [-0.2, -0.15) is 0 Å². The highest BCUT2D eigenvalue weighted by Gasteiger charge is 2.35. The van der Waals surface area contributed by atoms with Crippen molar-refractivity contribution in [1.29, 1.82) is 5.41 Å². The second-order valence-corrected chi connectivity index (χ2v) is 11.9. The van der Waals surface area contributed by atoms with Gasteiger partial charge in [-0.05, 0) is 48.3 Å². The molecule has 0 unspecified atom stereocenters. The maximum absolute atomic E-state index is 14.1. The summed E-state index contributed by atoms with van der Waals surface area (Å²) in [5.74, 6) is -1.95. The molecular weight excluding hydrogens is 586 g/mol. The number of amides is 4. The minimum atomic E-state index is -1.07. The largest absolute Gasteiger partial charge is 0.444 e. The Bertz CT molecular complexity index is 1300. The van der Waals surface area contributed by atoms with Crippen LogP contribution in [0.3, 0.4) is 0 Å². The van der Waals surface area contributed by atoms with Crippen molar-refractivity contribution in [1.82, 2.24) is 20.9 Å². The number of carbonyl (C=O) groups is 4. The summed E-state index contributed by atoms with van der Waals surface area (Å²) >= 11 is 0. The van der Waals surface area contributed by atoms with E-state index in [-0.39, 0.29) is 49.7 Å². The Kier molecular flexibility index (Phi) is 16.0. The van der Waals surface area contributed by atoms with Crippen molar-refractivity contribution in [2.24, 2.45) is 23.3 Å². The Morgan fingerprint density at radius 2 is 1.59 bits per heavy atom. The highest BCUT2D eigenvalue weighted by atomic mass is 16.6. The first kappa shape index (κ1) is 37.5. The molecule has 0 saturated heterocycles. The van der Waals surface area contributed by atoms with E-state index in [0.717, 1.165) is 16.0 Å². The van der Waals surface area contributed by atoms with Crippen molar-refractivity contribution in [3.05, 3.63) is 77.9 Å². The molecule has 0 spiro atoms. The Morgan fingerprint density at radius 3 is 2.17 bits per heavy atom. The van der Waals surface area contributed by atoms with E-state index >= 15 is 0 Å². The van der Waals surface area contributed by atoms with E-state index in [2.05, 4.69) is 16.0 Å². The third kappa shape index (κ3) is 13.9. The van der Waals surface area contributed by atoms with E-state index in [1.165, 1.54) is 6.08 Å². The smallest absolute Gasteiger partial charge is 0.416 e. The molecule has 0 aromatic heterocycles. The standard InChI is InChI=1S/C34H49N7O5/c1-23(2)20-28(40-31(43)27(35)16-11-19-38-33(36)37)32(44)41(34(45)46-22-26-14-9-6-10-15-26)21-29(24(3)4)39-30(42)18-17-25-12-7-5-8-13-25/h5-10,12-15,17-18,23-24,27-29H,11,16,19-22,35H2,1-4H3,(H,39,42)(H,40,43)(H4,36,37,38)/b18-17+/t27-,28-,29+/m0/s1. The molecule has 0 aliphatic rings. The molecule has 0 saturated carbocycles. The zero-order chi connectivity index (χ0) is 34.1. The van der Waals surface area contributed by atoms with Crippen molar-refractivity contribution in [2.75, 3.05) is 13.1 Å². The summed E-state index contributed by atoms with van der Waals surface area (Å²) in [6, 6.07) is 15.8. The predicted molar refractivity (Wildman–Crippen MR) is 179 cm³/mol. The number of rotatable bonds is 17. The molecular formula is C34H49N7O5. The Balaban J connectivity index is 2.27.